The summed E-state index contributed by atoms with van der Waals surface area (Å²) in [6.07, 6.45) is 1.99. The Morgan fingerprint density at radius 1 is 1.00 bits per heavy atom. The maximum atomic E-state index is 9.79. The van der Waals surface area contributed by atoms with Crippen molar-refractivity contribution in [3.63, 3.8) is 0 Å². The molecule has 3 atom stereocenters. The third-order valence-corrected chi connectivity index (χ3v) is 5.90. The van der Waals surface area contributed by atoms with Crippen LogP contribution in [-0.4, -0.2) is 6.23 Å². The molecule has 132 valence electrons. The lowest BCUT2D eigenvalue weighted by molar-refractivity contribution is 0.0664. The predicted molar refractivity (Wildman–Crippen MR) is 105 cm³/mol. The van der Waals surface area contributed by atoms with E-state index in [9.17, 15) is 5.26 Å². The number of nitriles is 1. The molecule has 26 heavy (non-hydrogen) atoms. The van der Waals surface area contributed by atoms with Crippen LogP contribution < -0.4 is 4.90 Å². The van der Waals surface area contributed by atoms with Crippen molar-refractivity contribution in [3.8, 4) is 17.2 Å². The Morgan fingerprint density at radius 2 is 1.65 bits per heavy atom. The first-order valence-corrected chi connectivity index (χ1v) is 9.50. The average molecular weight is 344 g/mol. The number of hydrogen-bond donors (Lipinski definition) is 0. The summed E-state index contributed by atoms with van der Waals surface area (Å²) in [7, 11) is 0. The van der Waals surface area contributed by atoms with E-state index in [4.69, 9.17) is 4.74 Å². The summed E-state index contributed by atoms with van der Waals surface area (Å²) in [5, 5.41) is 9.79. The average Bonchev–Trinajstić information content (AvgIpc) is 3.08. The molecule has 2 aliphatic rings. The molecule has 3 unspecified atom stereocenters. The summed E-state index contributed by atoms with van der Waals surface area (Å²) in [6.45, 7) is 6.72. The number of para-hydroxylation sites is 1. The second-order valence-corrected chi connectivity index (χ2v) is 7.19. The van der Waals surface area contributed by atoms with Crippen LogP contribution in [0.5, 0.6) is 0 Å². The molecule has 0 bridgehead atoms. The van der Waals surface area contributed by atoms with Gasteiger partial charge in [-0.1, -0.05) is 69.7 Å². The molecule has 0 spiro atoms. The molecule has 0 fully saturated rings. The van der Waals surface area contributed by atoms with Gasteiger partial charge in [0.25, 0.3) is 0 Å². The van der Waals surface area contributed by atoms with E-state index in [2.05, 4.69) is 74.2 Å². The standard InChI is InChI=1S/C23H24N2O/c1-4-15(3)16(5-2)23-25-20-13-9-8-11-18(20)17-10-6-7-12-19(17)22(25)21(14-24)26-23/h6-13,15-16,23H,4-5H2,1-3H3. The lowest BCUT2D eigenvalue weighted by Gasteiger charge is -2.38. The second kappa shape index (κ2) is 6.53. The fourth-order valence-electron chi connectivity index (χ4n) is 4.36. The number of benzene rings is 2. The number of ether oxygens (including phenoxy) is 1. The minimum absolute atomic E-state index is 0.130. The molecule has 2 aliphatic heterocycles. The van der Waals surface area contributed by atoms with Gasteiger partial charge in [-0.25, -0.2) is 0 Å². The Kier molecular flexibility index (Phi) is 4.20. The van der Waals surface area contributed by atoms with E-state index >= 15 is 0 Å². The van der Waals surface area contributed by atoms with Crippen molar-refractivity contribution in [2.45, 2.75) is 39.8 Å². The van der Waals surface area contributed by atoms with Crippen LogP contribution in [0.3, 0.4) is 0 Å². The van der Waals surface area contributed by atoms with Gasteiger partial charge in [-0.3, -0.25) is 4.90 Å². The van der Waals surface area contributed by atoms with Gasteiger partial charge >= 0.3 is 0 Å². The lowest BCUT2D eigenvalue weighted by atomic mass is 9.85. The topological polar surface area (TPSA) is 36.3 Å². The highest BCUT2D eigenvalue weighted by Crippen LogP contribution is 2.51. The molecule has 0 N–H and O–H groups in total. The maximum Gasteiger partial charge on any atom is 0.224 e. The summed E-state index contributed by atoms with van der Waals surface area (Å²) in [6, 6.07) is 19.1. The smallest absolute Gasteiger partial charge is 0.224 e. The van der Waals surface area contributed by atoms with Gasteiger partial charge in [-0.2, -0.15) is 5.26 Å². The molecule has 2 aromatic rings. The highest BCUT2D eigenvalue weighted by molar-refractivity contribution is 6.01. The van der Waals surface area contributed by atoms with Crippen molar-refractivity contribution in [1.29, 1.82) is 5.26 Å². The Bertz CT molecular complexity index is 908. The quantitative estimate of drug-likeness (QED) is 0.704. The molecule has 3 heteroatoms. The van der Waals surface area contributed by atoms with E-state index in [0.717, 1.165) is 29.8 Å². The molecule has 4 rings (SSSR count). The van der Waals surface area contributed by atoms with Crippen molar-refractivity contribution in [2.24, 2.45) is 11.8 Å². The molecular formula is C23H24N2O. The van der Waals surface area contributed by atoms with Crippen molar-refractivity contribution in [1.82, 2.24) is 0 Å². The van der Waals surface area contributed by atoms with E-state index in [1.165, 1.54) is 11.1 Å². The molecule has 2 aromatic carbocycles. The first-order valence-electron chi connectivity index (χ1n) is 9.50. The Balaban J connectivity index is 1.94. The molecule has 3 nitrogen and oxygen atoms in total. The van der Waals surface area contributed by atoms with Crippen LogP contribution in [0.2, 0.25) is 0 Å². The van der Waals surface area contributed by atoms with Crippen molar-refractivity contribution in [3.05, 3.63) is 59.9 Å². The van der Waals surface area contributed by atoms with Crippen LogP contribution in [0, 0.1) is 23.2 Å². The highest BCUT2D eigenvalue weighted by Gasteiger charge is 2.44. The van der Waals surface area contributed by atoms with Gasteiger partial charge < -0.3 is 4.74 Å². The SMILES string of the molecule is CCC(C)C(CC)C1OC(C#N)=C2c3ccccc3-c3ccccc3N21. The predicted octanol–water partition coefficient (Wildman–Crippen LogP) is 5.79. The Morgan fingerprint density at radius 3 is 2.31 bits per heavy atom. The lowest BCUT2D eigenvalue weighted by Crippen LogP contribution is -2.40. The summed E-state index contributed by atoms with van der Waals surface area (Å²) in [5.41, 5.74) is 5.53. The van der Waals surface area contributed by atoms with Crippen molar-refractivity contribution < 1.29 is 4.74 Å². The molecule has 0 saturated heterocycles. The molecule has 0 aromatic heterocycles. The van der Waals surface area contributed by atoms with Crippen molar-refractivity contribution >= 4 is 11.4 Å². The molecule has 0 saturated carbocycles. The van der Waals surface area contributed by atoms with Gasteiger partial charge in [0.05, 0.1) is 5.69 Å². The number of allylic oxidation sites excluding steroid dienone is 1. The van der Waals surface area contributed by atoms with Gasteiger partial charge in [0.2, 0.25) is 5.76 Å². The number of anilines is 1. The summed E-state index contributed by atoms with van der Waals surface area (Å²) >= 11 is 0. The molecule has 2 heterocycles. The number of hydrogen-bond acceptors (Lipinski definition) is 3. The second-order valence-electron chi connectivity index (χ2n) is 7.19. The third-order valence-electron chi connectivity index (χ3n) is 5.90. The summed E-state index contributed by atoms with van der Waals surface area (Å²) < 4.78 is 6.29. The molecule has 0 aliphatic carbocycles. The normalized spacial score (nSPS) is 19.8. The van der Waals surface area contributed by atoms with Crippen LogP contribution >= 0.6 is 0 Å². The van der Waals surface area contributed by atoms with E-state index in [-0.39, 0.29) is 6.23 Å². The van der Waals surface area contributed by atoms with Crippen LogP contribution in [-0.2, 0) is 4.74 Å². The zero-order chi connectivity index (χ0) is 18.3. The van der Waals surface area contributed by atoms with Gasteiger partial charge in [-0.15, -0.1) is 0 Å². The van der Waals surface area contributed by atoms with Gasteiger partial charge in [0, 0.05) is 17.0 Å². The van der Waals surface area contributed by atoms with E-state index in [1.54, 1.807) is 0 Å². The Hall–Kier alpha value is -2.73. The number of nitrogens with zero attached hydrogens (tertiary/aromatic N) is 2. The van der Waals surface area contributed by atoms with E-state index in [1.807, 2.05) is 6.07 Å². The highest BCUT2D eigenvalue weighted by atomic mass is 16.5. The van der Waals surface area contributed by atoms with Crippen LogP contribution in [0.1, 0.15) is 39.2 Å². The number of fused-ring (bicyclic) bond motifs is 6. The zero-order valence-electron chi connectivity index (χ0n) is 15.6. The molecule has 0 amide bonds. The van der Waals surface area contributed by atoms with Gasteiger partial charge in [0.1, 0.15) is 11.8 Å². The third kappa shape index (κ3) is 2.33. The maximum absolute atomic E-state index is 9.79. The van der Waals surface area contributed by atoms with Crippen molar-refractivity contribution in [2.75, 3.05) is 4.90 Å². The fourth-order valence-corrected chi connectivity index (χ4v) is 4.36. The Labute approximate surface area is 155 Å². The molecule has 0 radical (unpaired) electrons. The monoisotopic (exact) mass is 344 g/mol. The van der Waals surface area contributed by atoms with Gasteiger partial charge in [-0.05, 0) is 24.0 Å². The summed E-state index contributed by atoms with van der Waals surface area (Å²) in [4.78, 5) is 2.27. The van der Waals surface area contributed by atoms with E-state index in [0.29, 0.717) is 17.6 Å². The van der Waals surface area contributed by atoms with Crippen LogP contribution in [0.4, 0.5) is 5.69 Å². The zero-order valence-corrected chi connectivity index (χ0v) is 15.6. The van der Waals surface area contributed by atoms with Crippen LogP contribution in [0.25, 0.3) is 16.8 Å². The first-order chi connectivity index (χ1) is 12.7. The first kappa shape index (κ1) is 16.7. The minimum atomic E-state index is -0.130. The fraction of sp³-hybridized carbons (Fsp3) is 0.348. The largest absolute Gasteiger partial charge is 0.457 e. The number of rotatable bonds is 4. The summed E-state index contributed by atoms with van der Waals surface area (Å²) in [5.74, 6) is 1.33. The minimum Gasteiger partial charge on any atom is -0.457 e. The van der Waals surface area contributed by atoms with Gasteiger partial charge in [0.15, 0.2) is 6.23 Å². The van der Waals surface area contributed by atoms with Crippen LogP contribution in [0.15, 0.2) is 54.3 Å². The molecular weight excluding hydrogens is 320 g/mol. The van der Waals surface area contributed by atoms with E-state index < -0.39 is 0 Å².